The summed E-state index contributed by atoms with van der Waals surface area (Å²) in [6.45, 7) is 3.99. The molecule has 1 saturated carbocycles. The summed E-state index contributed by atoms with van der Waals surface area (Å²) in [7, 11) is -3.38. The minimum absolute atomic E-state index is 0.0620. The summed E-state index contributed by atoms with van der Waals surface area (Å²) in [5, 5.41) is 0. The van der Waals surface area contributed by atoms with Crippen molar-refractivity contribution >= 4 is 10.0 Å². The highest BCUT2D eigenvalue weighted by Gasteiger charge is 2.33. The second-order valence-electron chi connectivity index (χ2n) is 7.99. The third-order valence-corrected chi connectivity index (χ3v) is 6.52. The van der Waals surface area contributed by atoms with Gasteiger partial charge in [0, 0.05) is 23.2 Å². The van der Waals surface area contributed by atoms with Crippen LogP contribution >= 0.6 is 0 Å². The van der Waals surface area contributed by atoms with E-state index in [-0.39, 0.29) is 23.7 Å². The van der Waals surface area contributed by atoms with Gasteiger partial charge in [0.05, 0.1) is 25.0 Å². The van der Waals surface area contributed by atoms with Crippen LogP contribution < -0.4 is 10.3 Å². The summed E-state index contributed by atoms with van der Waals surface area (Å²) >= 11 is 0. The van der Waals surface area contributed by atoms with Gasteiger partial charge < -0.3 is 9.30 Å². The highest BCUT2D eigenvalue weighted by Crippen LogP contribution is 2.29. The number of rotatable bonds is 5. The van der Waals surface area contributed by atoms with Crippen LogP contribution in [-0.4, -0.2) is 38.0 Å². The lowest BCUT2D eigenvalue weighted by molar-refractivity contribution is -0.00298. The van der Waals surface area contributed by atoms with Gasteiger partial charge in [-0.15, -0.1) is 11.8 Å². The molecule has 0 saturated heterocycles. The van der Waals surface area contributed by atoms with E-state index in [1.165, 1.54) is 0 Å². The maximum Gasteiger partial charge on any atom is 0.254 e. The topological polar surface area (TPSA) is 77.4 Å². The van der Waals surface area contributed by atoms with Crippen molar-refractivity contribution in [1.82, 2.24) is 9.29 Å². The summed E-state index contributed by atoms with van der Waals surface area (Å²) in [6.07, 6.45) is 6.57. The van der Waals surface area contributed by atoms with Crippen molar-refractivity contribution in [3.63, 3.8) is 0 Å². The number of hydrogen-bond donors (Lipinski definition) is 1. The molecule has 0 spiro atoms. The average molecular weight is 407 g/mol. The molecule has 2 aliphatic rings. The third-order valence-electron chi connectivity index (χ3n) is 5.79. The summed E-state index contributed by atoms with van der Waals surface area (Å²) in [6, 6.07) is 3.13. The van der Waals surface area contributed by atoms with Gasteiger partial charge in [-0.05, 0) is 58.4 Å². The Morgan fingerprint density at radius 3 is 2.57 bits per heavy atom. The SMILES string of the molecule is CC#CC1CCC(OCC2C(NS(C)(=O)=O)CCc3ccc(C)c(=O)n32)CC1. The van der Waals surface area contributed by atoms with Crippen LogP contribution in [0, 0.1) is 24.7 Å². The summed E-state index contributed by atoms with van der Waals surface area (Å²) in [5.74, 6) is 6.68. The number of nitrogens with one attached hydrogen (secondary N) is 1. The molecular weight excluding hydrogens is 376 g/mol. The van der Waals surface area contributed by atoms with Gasteiger partial charge in [0.1, 0.15) is 0 Å². The number of nitrogens with zero attached hydrogens (tertiary/aromatic N) is 1. The van der Waals surface area contributed by atoms with Gasteiger partial charge in [0.25, 0.3) is 5.56 Å². The quantitative estimate of drug-likeness (QED) is 0.760. The minimum Gasteiger partial charge on any atom is -0.376 e. The lowest BCUT2D eigenvalue weighted by Crippen LogP contribution is -2.49. The number of ether oxygens (including phenoxy) is 1. The first-order valence-electron chi connectivity index (χ1n) is 10.0. The second-order valence-corrected chi connectivity index (χ2v) is 9.77. The monoisotopic (exact) mass is 406 g/mol. The van der Waals surface area contributed by atoms with E-state index in [0.717, 1.165) is 37.6 Å². The highest BCUT2D eigenvalue weighted by atomic mass is 32.2. The predicted molar refractivity (Wildman–Crippen MR) is 110 cm³/mol. The molecule has 7 heteroatoms. The van der Waals surface area contributed by atoms with E-state index in [0.29, 0.717) is 30.9 Å². The number of pyridine rings is 1. The molecule has 1 fully saturated rings. The molecule has 0 bridgehead atoms. The normalized spacial score (nSPS) is 27.5. The van der Waals surface area contributed by atoms with Crippen LogP contribution in [0.25, 0.3) is 0 Å². The Labute approximate surface area is 167 Å². The molecular formula is C21H30N2O4S. The van der Waals surface area contributed by atoms with Crippen molar-refractivity contribution in [1.29, 1.82) is 0 Å². The largest absolute Gasteiger partial charge is 0.376 e. The van der Waals surface area contributed by atoms with Gasteiger partial charge in [-0.25, -0.2) is 13.1 Å². The molecule has 28 heavy (non-hydrogen) atoms. The van der Waals surface area contributed by atoms with Crippen LogP contribution in [-0.2, 0) is 21.2 Å². The fraction of sp³-hybridized carbons (Fsp3) is 0.667. The van der Waals surface area contributed by atoms with E-state index < -0.39 is 10.0 Å². The Balaban J connectivity index is 1.78. The van der Waals surface area contributed by atoms with Gasteiger partial charge in [-0.2, -0.15) is 0 Å². The van der Waals surface area contributed by atoms with Crippen molar-refractivity contribution in [2.45, 2.75) is 70.6 Å². The standard InChI is InChI=1S/C21H30N2O4S/c1-4-5-16-7-11-18(12-8-16)27-14-20-19(22-28(3,25)26)13-10-17-9-6-15(2)21(24)23(17)20/h6,9,16,18-20,22H,7-8,10-14H2,1-3H3. The molecule has 1 aromatic rings. The van der Waals surface area contributed by atoms with Gasteiger partial charge in [0.15, 0.2) is 0 Å². The van der Waals surface area contributed by atoms with Crippen molar-refractivity contribution in [2.24, 2.45) is 5.92 Å². The maximum atomic E-state index is 12.8. The first kappa shape index (κ1) is 21.1. The van der Waals surface area contributed by atoms with Crippen LogP contribution in [0.15, 0.2) is 16.9 Å². The maximum absolute atomic E-state index is 12.8. The first-order valence-corrected chi connectivity index (χ1v) is 11.9. The van der Waals surface area contributed by atoms with Crippen LogP contribution in [0.4, 0.5) is 0 Å². The van der Waals surface area contributed by atoms with Gasteiger partial charge >= 0.3 is 0 Å². The Morgan fingerprint density at radius 2 is 1.93 bits per heavy atom. The predicted octanol–water partition coefficient (Wildman–Crippen LogP) is 2.16. The van der Waals surface area contributed by atoms with Gasteiger partial charge in [-0.3, -0.25) is 4.79 Å². The van der Waals surface area contributed by atoms with E-state index in [1.807, 2.05) is 19.1 Å². The molecule has 6 nitrogen and oxygen atoms in total. The summed E-state index contributed by atoms with van der Waals surface area (Å²) in [5.41, 5.74) is 1.54. The van der Waals surface area contributed by atoms with Crippen LogP contribution in [0.1, 0.15) is 56.3 Å². The zero-order valence-electron chi connectivity index (χ0n) is 16.9. The zero-order valence-corrected chi connectivity index (χ0v) is 17.7. The lowest BCUT2D eigenvalue weighted by atomic mass is 9.88. The van der Waals surface area contributed by atoms with E-state index in [9.17, 15) is 13.2 Å². The van der Waals surface area contributed by atoms with Gasteiger partial charge in [0.2, 0.25) is 10.0 Å². The molecule has 0 amide bonds. The molecule has 2 atom stereocenters. The molecule has 1 aromatic heterocycles. The number of fused-ring (bicyclic) bond motifs is 1. The highest BCUT2D eigenvalue weighted by molar-refractivity contribution is 7.88. The number of sulfonamides is 1. The number of aromatic nitrogens is 1. The van der Waals surface area contributed by atoms with Crippen molar-refractivity contribution in [3.05, 3.63) is 33.7 Å². The van der Waals surface area contributed by atoms with Gasteiger partial charge in [-0.1, -0.05) is 6.07 Å². The summed E-state index contributed by atoms with van der Waals surface area (Å²) in [4.78, 5) is 12.8. The van der Waals surface area contributed by atoms with Crippen molar-refractivity contribution in [2.75, 3.05) is 12.9 Å². The number of hydrogen-bond acceptors (Lipinski definition) is 4. The Bertz CT molecular complexity index is 918. The molecule has 1 aliphatic carbocycles. The molecule has 154 valence electrons. The molecule has 2 unspecified atom stereocenters. The van der Waals surface area contributed by atoms with E-state index in [4.69, 9.17) is 4.74 Å². The molecule has 1 N–H and O–H groups in total. The van der Waals surface area contributed by atoms with E-state index >= 15 is 0 Å². The Morgan fingerprint density at radius 1 is 1.21 bits per heavy atom. The molecule has 3 rings (SSSR count). The second kappa shape index (κ2) is 8.81. The van der Waals surface area contributed by atoms with Crippen LogP contribution in [0.5, 0.6) is 0 Å². The smallest absolute Gasteiger partial charge is 0.254 e. The zero-order chi connectivity index (χ0) is 20.3. The first-order chi connectivity index (χ1) is 13.3. The lowest BCUT2D eigenvalue weighted by Gasteiger charge is -2.36. The number of aryl methyl sites for hydroxylation is 2. The van der Waals surface area contributed by atoms with E-state index in [1.54, 1.807) is 11.5 Å². The molecule has 2 heterocycles. The minimum atomic E-state index is -3.38. The average Bonchev–Trinajstić information content (AvgIpc) is 2.64. The summed E-state index contributed by atoms with van der Waals surface area (Å²) < 4.78 is 34.4. The van der Waals surface area contributed by atoms with Crippen molar-refractivity contribution < 1.29 is 13.2 Å². The van der Waals surface area contributed by atoms with E-state index in [2.05, 4.69) is 16.6 Å². The third kappa shape index (κ3) is 5.05. The van der Waals surface area contributed by atoms with Crippen LogP contribution in [0.2, 0.25) is 0 Å². The van der Waals surface area contributed by atoms with Crippen LogP contribution in [0.3, 0.4) is 0 Å². The molecule has 0 aromatic carbocycles. The fourth-order valence-corrected chi connectivity index (χ4v) is 5.18. The Kier molecular flexibility index (Phi) is 6.64. The fourth-order valence-electron chi connectivity index (χ4n) is 4.35. The molecule has 0 radical (unpaired) electrons. The Hall–Kier alpha value is -1.62. The van der Waals surface area contributed by atoms with Crippen molar-refractivity contribution in [3.8, 4) is 11.8 Å². The molecule has 1 aliphatic heterocycles.